The molecule has 0 N–H and O–H groups in total. The lowest BCUT2D eigenvalue weighted by Crippen LogP contribution is -2.08. The molecule has 0 spiro atoms. The Morgan fingerprint density at radius 2 is 0.911 bits per heavy atom. The van der Waals surface area contributed by atoms with Gasteiger partial charge in [-0.1, -0.05) is 108 Å². The van der Waals surface area contributed by atoms with Gasteiger partial charge in [-0.25, -0.2) is 0 Å². The fourth-order valence-electron chi connectivity index (χ4n) is 8.23. The van der Waals surface area contributed by atoms with Crippen LogP contribution >= 0.6 is 0 Å². The third-order valence-corrected chi connectivity index (χ3v) is 11.0. The average Bonchev–Trinajstić information content (AvgIpc) is 3.73. The van der Waals surface area contributed by atoms with Crippen LogP contribution < -0.4 is 0 Å². The SMILES string of the molecule is Cc1ccc(-c2ccc3c(c2)c2ccccc2n3-c2ccc(C(F)(F)F)cc2-c2ccncc2-n2c3ccccc3c3cc(-c4ccc(C)cc4)ccc32)cc1. The van der Waals surface area contributed by atoms with Crippen molar-refractivity contribution in [3.63, 3.8) is 0 Å². The number of para-hydroxylation sites is 2. The zero-order chi connectivity index (χ0) is 38.1. The van der Waals surface area contributed by atoms with E-state index in [0.717, 1.165) is 65.9 Å². The van der Waals surface area contributed by atoms with Gasteiger partial charge in [0.15, 0.2) is 0 Å². The highest BCUT2D eigenvalue weighted by atomic mass is 19.4. The summed E-state index contributed by atoms with van der Waals surface area (Å²) in [5.74, 6) is 0. The Kier molecular flexibility index (Phi) is 7.72. The first-order valence-electron chi connectivity index (χ1n) is 18.6. The van der Waals surface area contributed by atoms with E-state index in [2.05, 4.69) is 131 Å². The molecular weight excluding hydrogens is 700 g/mol. The maximum atomic E-state index is 14.7. The molecule has 0 bridgehead atoms. The molecule has 270 valence electrons. The third-order valence-electron chi connectivity index (χ3n) is 11.0. The zero-order valence-corrected chi connectivity index (χ0v) is 30.6. The highest BCUT2D eigenvalue weighted by molar-refractivity contribution is 6.12. The molecule has 0 atom stereocenters. The highest BCUT2D eigenvalue weighted by Gasteiger charge is 2.32. The van der Waals surface area contributed by atoms with E-state index in [4.69, 9.17) is 0 Å². The molecule has 0 saturated heterocycles. The first-order chi connectivity index (χ1) is 27.2. The molecule has 56 heavy (non-hydrogen) atoms. The molecule has 0 aliphatic rings. The summed E-state index contributed by atoms with van der Waals surface area (Å²) in [6.45, 7) is 4.14. The molecule has 0 radical (unpaired) electrons. The van der Waals surface area contributed by atoms with E-state index < -0.39 is 11.7 Å². The summed E-state index contributed by atoms with van der Waals surface area (Å²) in [5.41, 5.74) is 12.1. The molecule has 0 unspecified atom stereocenters. The van der Waals surface area contributed by atoms with Crippen molar-refractivity contribution in [1.29, 1.82) is 0 Å². The molecule has 10 aromatic rings. The van der Waals surface area contributed by atoms with Crippen LogP contribution in [-0.2, 0) is 6.18 Å². The Bertz CT molecular complexity index is 3130. The number of hydrogen-bond donors (Lipinski definition) is 0. The fourth-order valence-corrected chi connectivity index (χ4v) is 8.23. The van der Waals surface area contributed by atoms with Crippen LogP contribution in [0.15, 0.2) is 170 Å². The molecule has 0 amide bonds. The zero-order valence-electron chi connectivity index (χ0n) is 30.6. The Hall–Kier alpha value is -6.92. The van der Waals surface area contributed by atoms with E-state index >= 15 is 0 Å². The minimum atomic E-state index is -4.55. The van der Waals surface area contributed by atoms with Crippen molar-refractivity contribution in [2.24, 2.45) is 0 Å². The van der Waals surface area contributed by atoms with Crippen LogP contribution in [0.25, 0.3) is 88.4 Å². The molecular formula is C50H34F3N3. The second-order valence-electron chi connectivity index (χ2n) is 14.5. The van der Waals surface area contributed by atoms with Crippen molar-refractivity contribution >= 4 is 43.6 Å². The lowest BCUT2D eigenvalue weighted by atomic mass is 9.99. The largest absolute Gasteiger partial charge is 0.416 e. The van der Waals surface area contributed by atoms with Gasteiger partial charge in [-0.2, -0.15) is 13.2 Å². The second kappa shape index (κ2) is 12.8. The molecule has 3 aromatic heterocycles. The molecule has 6 heteroatoms. The first-order valence-corrected chi connectivity index (χ1v) is 18.6. The number of hydrogen-bond acceptors (Lipinski definition) is 1. The summed E-state index contributed by atoms with van der Waals surface area (Å²) in [6.07, 6.45) is -1.13. The van der Waals surface area contributed by atoms with Crippen LogP contribution in [0.4, 0.5) is 13.2 Å². The van der Waals surface area contributed by atoms with E-state index in [1.165, 1.54) is 23.3 Å². The number of aromatic nitrogens is 3. The van der Waals surface area contributed by atoms with Gasteiger partial charge >= 0.3 is 6.18 Å². The van der Waals surface area contributed by atoms with Crippen molar-refractivity contribution in [1.82, 2.24) is 14.1 Å². The van der Waals surface area contributed by atoms with Crippen LogP contribution in [-0.4, -0.2) is 14.1 Å². The van der Waals surface area contributed by atoms with Gasteiger partial charge in [0, 0.05) is 38.9 Å². The van der Waals surface area contributed by atoms with Crippen molar-refractivity contribution in [2.45, 2.75) is 20.0 Å². The quantitative estimate of drug-likeness (QED) is 0.173. The maximum absolute atomic E-state index is 14.7. The summed E-state index contributed by atoms with van der Waals surface area (Å²) in [4.78, 5) is 4.57. The molecule has 3 heterocycles. The molecule has 7 aromatic carbocycles. The van der Waals surface area contributed by atoms with Crippen LogP contribution in [0, 0.1) is 13.8 Å². The Morgan fingerprint density at radius 3 is 1.45 bits per heavy atom. The monoisotopic (exact) mass is 733 g/mol. The number of halogens is 3. The van der Waals surface area contributed by atoms with Crippen molar-refractivity contribution < 1.29 is 13.2 Å². The fraction of sp³-hybridized carbons (Fsp3) is 0.0600. The van der Waals surface area contributed by atoms with Gasteiger partial charge in [0.25, 0.3) is 0 Å². The van der Waals surface area contributed by atoms with Crippen LogP contribution in [0.3, 0.4) is 0 Å². The van der Waals surface area contributed by atoms with E-state index in [1.54, 1.807) is 18.5 Å². The topological polar surface area (TPSA) is 22.8 Å². The molecule has 0 fully saturated rings. The number of aryl methyl sites for hydroxylation is 2. The Balaban J connectivity index is 1.23. The minimum Gasteiger partial charge on any atom is -0.309 e. The second-order valence-corrected chi connectivity index (χ2v) is 14.5. The number of pyridine rings is 1. The summed E-state index contributed by atoms with van der Waals surface area (Å²) in [6, 6.07) is 51.9. The van der Waals surface area contributed by atoms with E-state index in [9.17, 15) is 13.2 Å². The predicted molar refractivity (Wildman–Crippen MR) is 224 cm³/mol. The average molecular weight is 734 g/mol. The summed E-state index contributed by atoms with van der Waals surface area (Å²) in [7, 11) is 0. The van der Waals surface area contributed by atoms with Gasteiger partial charge in [-0.15, -0.1) is 0 Å². The van der Waals surface area contributed by atoms with Crippen LogP contribution in [0.5, 0.6) is 0 Å². The maximum Gasteiger partial charge on any atom is 0.416 e. The van der Waals surface area contributed by atoms with Gasteiger partial charge in [0.2, 0.25) is 0 Å². The first kappa shape index (κ1) is 33.6. The number of rotatable bonds is 5. The Morgan fingerprint density at radius 1 is 0.429 bits per heavy atom. The van der Waals surface area contributed by atoms with Crippen LogP contribution in [0.2, 0.25) is 0 Å². The number of fused-ring (bicyclic) bond motifs is 6. The molecule has 3 nitrogen and oxygen atoms in total. The number of alkyl halides is 3. The molecule has 0 aliphatic heterocycles. The molecule has 10 rings (SSSR count). The van der Waals surface area contributed by atoms with Crippen molar-refractivity contribution in [2.75, 3.05) is 0 Å². The van der Waals surface area contributed by atoms with E-state index in [-0.39, 0.29) is 0 Å². The van der Waals surface area contributed by atoms with E-state index in [0.29, 0.717) is 22.5 Å². The van der Waals surface area contributed by atoms with Gasteiger partial charge in [-0.05, 0) is 96.8 Å². The molecule has 0 saturated carbocycles. The number of benzene rings is 7. The lowest BCUT2D eigenvalue weighted by molar-refractivity contribution is -0.137. The normalized spacial score (nSPS) is 12.0. The summed E-state index contributed by atoms with van der Waals surface area (Å²) < 4.78 is 48.2. The smallest absolute Gasteiger partial charge is 0.309 e. The number of nitrogens with zero attached hydrogens (tertiary/aromatic N) is 3. The minimum absolute atomic E-state index is 0.449. The van der Waals surface area contributed by atoms with Crippen LogP contribution in [0.1, 0.15) is 16.7 Å². The van der Waals surface area contributed by atoms with Crippen molar-refractivity contribution in [3.05, 3.63) is 187 Å². The standard InChI is InChI=1S/C50H34F3N3/c1-31-11-15-33(16-12-31)35-19-22-46-41(27-35)38-7-3-5-9-44(38)55(46)48-24-21-37(50(51,52)53)29-43(48)40-25-26-54-30-49(40)56-45-10-6-4-8-39(45)42-28-36(20-23-47(42)56)34-17-13-32(2)14-18-34/h3-30H,1-2H3. The summed E-state index contributed by atoms with van der Waals surface area (Å²) in [5, 5.41) is 4.13. The predicted octanol–water partition coefficient (Wildman–Crippen LogP) is 13.9. The summed E-state index contributed by atoms with van der Waals surface area (Å²) >= 11 is 0. The third kappa shape index (κ3) is 5.48. The van der Waals surface area contributed by atoms with Crippen molar-refractivity contribution in [3.8, 4) is 44.8 Å². The van der Waals surface area contributed by atoms with Gasteiger partial charge < -0.3 is 9.13 Å². The Labute approximate surface area is 321 Å². The van der Waals surface area contributed by atoms with E-state index in [1.807, 2.05) is 36.4 Å². The van der Waals surface area contributed by atoms with Gasteiger partial charge in [0.05, 0.1) is 45.2 Å². The highest BCUT2D eigenvalue weighted by Crippen LogP contribution is 2.43. The molecule has 0 aliphatic carbocycles. The van der Waals surface area contributed by atoms with Gasteiger partial charge in [0.1, 0.15) is 0 Å². The lowest BCUT2D eigenvalue weighted by Gasteiger charge is -2.20. The van der Waals surface area contributed by atoms with Gasteiger partial charge in [-0.3, -0.25) is 4.98 Å².